The Balaban J connectivity index is 1.29. The maximum absolute atomic E-state index is 11.3. The van der Waals surface area contributed by atoms with Crippen LogP contribution in [0.4, 0.5) is 23.5 Å². The van der Waals surface area contributed by atoms with Gasteiger partial charge in [-0.1, -0.05) is 12.1 Å². The molecule has 0 radical (unpaired) electrons. The topological polar surface area (TPSA) is 131 Å². The standard InChI is InChI=1S/C28H34N8O4/c1-39-25-18-21(12-13-24(25)40-20-22-10-4-5-11-23(22)36(37)38)19-29-33-26-30-27(34-14-6-2-7-15-34)32-28(31-26)35-16-8-3-9-17-35/h4-5,10-13,18-19H,2-3,6-9,14-17,20H2,1H3,(H,30,31,32,33)/b29-19+. The van der Waals surface area contributed by atoms with E-state index in [1.54, 1.807) is 43.7 Å². The number of hydrogen-bond donors (Lipinski definition) is 1. The smallest absolute Gasteiger partial charge is 0.276 e. The van der Waals surface area contributed by atoms with Gasteiger partial charge in [-0.25, -0.2) is 5.43 Å². The number of para-hydroxylation sites is 1. The summed E-state index contributed by atoms with van der Waals surface area (Å²) in [7, 11) is 1.54. The predicted molar refractivity (Wildman–Crippen MR) is 154 cm³/mol. The average Bonchev–Trinajstić information content (AvgIpc) is 3.01. The van der Waals surface area contributed by atoms with Crippen LogP contribution in [0.25, 0.3) is 0 Å². The molecule has 5 rings (SSSR count). The zero-order valence-electron chi connectivity index (χ0n) is 22.7. The lowest BCUT2D eigenvalue weighted by Gasteiger charge is -2.30. The van der Waals surface area contributed by atoms with Crippen LogP contribution in [0.2, 0.25) is 0 Å². The highest BCUT2D eigenvalue weighted by molar-refractivity contribution is 5.81. The van der Waals surface area contributed by atoms with E-state index in [-0.39, 0.29) is 12.3 Å². The first-order valence-corrected chi connectivity index (χ1v) is 13.7. The molecule has 0 aliphatic carbocycles. The summed E-state index contributed by atoms with van der Waals surface area (Å²) >= 11 is 0. The lowest BCUT2D eigenvalue weighted by molar-refractivity contribution is -0.385. The molecule has 0 unspecified atom stereocenters. The number of rotatable bonds is 10. The first kappa shape index (κ1) is 27.1. The summed E-state index contributed by atoms with van der Waals surface area (Å²) in [6.45, 7) is 3.81. The Kier molecular flexibility index (Phi) is 8.84. The van der Waals surface area contributed by atoms with Gasteiger partial charge >= 0.3 is 0 Å². The van der Waals surface area contributed by atoms with Gasteiger partial charge in [-0.3, -0.25) is 10.1 Å². The molecule has 2 aliphatic rings. The minimum absolute atomic E-state index is 0.0153. The highest BCUT2D eigenvalue weighted by Gasteiger charge is 2.20. The number of piperidine rings is 2. The van der Waals surface area contributed by atoms with E-state index in [4.69, 9.17) is 14.5 Å². The van der Waals surface area contributed by atoms with E-state index in [1.807, 2.05) is 6.07 Å². The molecule has 2 fully saturated rings. The Morgan fingerprint density at radius 3 is 2.20 bits per heavy atom. The maximum atomic E-state index is 11.3. The summed E-state index contributed by atoms with van der Waals surface area (Å²) in [6, 6.07) is 11.9. The van der Waals surface area contributed by atoms with Crippen molar-refractivity contribution in [2.24, 2.45) is 5.10 Å². The van der Waals surface area contributed by atoms with E-state index in [9.17, 15) is 10.1 Å². The lowest BCUT2D eigenvalue weighted by atomic mass is 10.1. The second-order valence-corrected chi connectivity index (χ2v) is 9.81. The van der Waals surface area contributed by atoms with Gasteiger partial charge in [0.2, 0.25) is 17.8 Å². The molecule has 0 bridgehead atoms. The number of benzene rings is 2. The van der Waals surface area contributed by atoms with Gasteiger partial charge in [0.25, 0.3) is 5.69 Å². The largest absolute Gasteiger partial charge is 0.493 e. The molecule has 40 heavy (non-hydrogen) atoms. The Hall–Kier alpha value is -4.48. The highest BCUT2D eigenvalue weighted by atomic mass is 16.6. The first-order chi connectivity index (χ1) is 19.6. The van der Waals surface area contributed by atoms with Crippen LogP contribution in [0.1, 0.15) is 49.7 Å². The maximum Gasteiger partial charge on any atom is 0.276 e. The third kappa shape index (κ3) is 6.74. The zero-order chi connectivity index (χ0) is 27.7. The number of nitro benzene ring substituents is 1. The Bertz CT molecular complexity index is 1300. The Morgan fingerprint density at radius 2 is 1.57 bits per heavy atom. The molecule has 3 heterocycles. The van der Waals surface area contributed by atoms with E-state index < -0.39 is 4.92 Å². The molecule has 0 spiro atoms. The monoisotopic (exact) mass is 546 g/mol. The molecule has 12 heteroatoms. The SMILES string of the molecule is COc1cc(/C=N/Nc2nc(N3CCCCC3)nc(N3CCCCC3)n2)ccc1OCc1ccccc1[N+](=O)[O-]. The second kappa shape index (κ2) is 13.0. The molecule has 1 aromatic heterocycles. The number of nitrogens with one attached hydrogen (secondary N) is 1. The minimum atomic E-state index is -0.417. The van der Waals surface area contributed by atoms with Gasteiger partial charge in [-0.05, 0) is 68.4 Å². The highest BCUT2D eigenvalue weighted by Crippen LogP contribution is 2.30. The van der Waals surface area contributed by atoms with Crippen molar-refractivity contribution in [1.82, 2.24) is 15.0 Å². The van der Waals surface area contributed by atoms with Crippen molar-refractivity contribution in [2.45, 2.75) is 45.1 Å². The molecule has 210 valence electrons. The summed E-state index contributed by atoms with van der Waals surface area (Å²) < 4.78 is 11.3. The van der Waals surface area contributed by atoms with Crippen molar-refractivity contribution in [3.63, 3.8) is 0 Å². The number of aromatic nitrogens is 3. The van der Waals surface area contributed by atoms with Crippen LogP contribution in [0.3, 0.4) is 0 Å². The molecule has 2 aliphatic heterocycles. The first-order valence-electron chi connectivity index (χ1n) is 13.7. The van der Waals surface area contributed by atoms with Crippen LogP contribution >= 0.6 is 0 Å². The molecule has 2 saturated heterocycles. The third-order valence-electron chi connectivity index (χ3n) is 7.03. The molecular weight excluding hydrogens is 512 g/mol. The van der Waals surface area contributed by atoms with Crippen molar-refractivity contribution >= 4 is 29.7 Å². The van der Waals surface area contributed by atoms with Gasteiger partial charge in [0.1, 0.15) is 6.61 Å². The predicted octanol–water partition coefficient (Wildman–Crippen LogP) is 4.79. The summed E-state index contributed by atoms with van der Waals surface area (Å²) in [6.07, 6.45) is 8.65. The van der Waals surface area contributed by atoms with Crippen molar-refractivity contribution in [3.05, 3.63) is 63.7 Å². The van der Waals surface area contributed by atoms with Crippen molar-refractivity contribution in [1.29, 1.82) is 0 Å². The molecule has 0 atom stereocenters. The number of ether oxygens (including phenoxy) is 2. The summed E-state index contributed by atoms with van der Waals surface area (Å²) in [5.41, 5.74) is 4.25. The van der Waals surface area contributed by atoms with Crippen LogP contribution < -0.4 is 24.7 Å². The van der Waals surface area contributed by atoms with Crippen LogP contribution in [0, 0.1) is 10.1 Å². The molecular formula is C28H34N8O4. The molecule has 3 aromatic rings. The fraction of sp³-hybridized carbons (Fsp3) is 0.429. The van der Waals surface area contributed by atoms with Gasteiger partial charge in [-0.2, -0.15) is 20.1 Å². The van der Waals surface area contributed by atoms with Crippen LogP contribution in [0.15, 0.2) is 47.6 Å². The number of anilines is 3. The van der Waals surface area contributed by atoms with Gasteiger partial charge in [0, 0.05) is 32.2 Å². The third-order valence-corrected chi connectivity index (χ3v) is 7.03. The van der Waals surface area contributed by atoms with E-state index in [0.29, 0.717) is 34.9 Å². The summed E-state index contributed by atoms with van der Waals surface area (Å²) in [5, 5.41) is 15.7. The molecule has 12 nitrogen and oxygen atoms in total. The fourth-order valence-corrected chi connectivity index (χ4v) is 4.89. The van der Waals surface area contributed by atoms with Gasteiger partial charge in [-0.15, -0.1) is 0 Å². The van der Waals surface area contributed by atoms with Crippen molar-refractivity contribution < 1.29 is 14.4 Å². The van der Waals surface area contributed by atoms with Gasteiger partial charge in [0.05, 0.1) is 23.8 Å². The molecule has 0 saturated carbocycles. The fourth-order valence-electron chi connectivity index (χ4n) is 4.89. The van der Waals surface area contributed by atoms with Crippen molar-refractivity contribution in [2.75, 3.05) is 48.5 Å². The van der Waals surface area contributed by atoms with E-state index in [2.05, 4.69) is 30.3 Å². The number of nitro groups is 1. The lowest BCUT2D eigenvalue weighted by Crippen LogP contribution is -2.34. The second-order valence-electron chi connectivity index (χ2n) is 9.81. The zero-order valence-corrected chi connectivity index (χ0v) is 22.7. The number of nitrogens with zero attached hydrogens (tertiary/aromatic N) is 7. The van der Waals surface area contributed by atoms with E-state index in [0.717, 1.165) is 57.4 Å². The Morgan fingerprint density at radius 1 is 0.925 bits per heavy atom. The van der Waals surface area contributed by atoms with E-state index >= 15 is 0 Å². The molecule has 1 N–H and O–H groups in total. The normalized spacial score (nSPS) is 15.7. The van der Waals surface area contributed by atoms with Crippen molar-refractivity contribution in [3.8, 4) is 11.5 Å². The van der Waals surface area contributed by atoms with Crippen LogP contribution in [-0.4, -0.2) is 59.4 Å². The number of hydrogen-bond acceptors (Lipinski definition) is 11. The minimum Gasteiger partial charge on any atom is -0.493 e. The summed E-state index contributed by atoms with van der Waals surface area (Å²) in [5.74, 6) is 2.75. The average molecular weight is 547 g/mol. The van der Waals surface area contributed by atoms with Crippen LogP contribution in [-0.2, 0) is 6.61 Å². The van der Waals surface area contributed by atoms with Gasteiger partial charge in [0.15, 0.2) is 11.5 Å². The summed E-state index contributed by atoms with van der Waals surface area (Å²) in [4.78, 5) is 29.4. The van der Waals surface area contributed by atoms with Gasteiger partial charge < -0.3 is 19.3 Å². The van der Waals surface area contributed by atoms with E-state index in [1.165, 1.54) is 18.9 Å². The Labute approximate surface area is 233 Å². The quantitative estimate of drug-likeness (QED) is 0.215. The molecule has 2 aromatic carbocycles. The molecule has 0 amide bonds. The van der Waals surface area contributed by atoms with Crippen LogP contribution in [0.5, 0.6) is 11.5 Å². The number of methoxy groups -OCH3 is 1. The number of hydrazone groups is 1.